The van der Waals surface area contributed by atoms with E-state index in [1.54, 1.807) is 0 Å². The molecule has 1 aromatic rings. The molecule has 1 aromatic carbocycles. The molecule has 0 aliphatic carbocycles. The molecule has 0 amide bonds. The molecule has 76 valence electrons. The molecule has 0 fully saturated rings. The van der Waals surface area contributed by atoms with E-state index in [4.69, 9.17) is 5.11 Å². The van der Waals surface area contributed by atoms with Crippen molar-refractivity contribution < 1.29 is 9.90 Å². The Morgan fingerprint density at radius 3 is 2.50 bits per heavy atom. The zero-order valence-electron chi connectivity index (χ0n) is 8.30. The number of rotatable bonds is 3. The molecule has 0 unspecified atom stereocenters. The van der Waals surface area contributed by atoms with Gasteiger partial charge in [0.2, 0.25) is 0 Å². The van der Waals surface area contributed by atoms with Crippen molar-refractivity contribution in [2.45, 2.75) is 26.7 Å². The van der Waals surface area contributed by atoms with Gasteiger partial charge in [0.05, 0.1) is 0 Å². The summed E-state index contributed by atoms with van der Waals surface area (Å²) in [6, 6.07) is 4.08. The number of benzene rings is 1. The molecule has 0 aliphatic rings. The Balaban J connectivity index is 2.87. The van der Waals surface area contributed by atoms with E-state index in [9.17, 15) is 4.79 Å². The first kappa shape index (κ1) is 11.2. The quantitative estimate of drug-likeness (QED) is 0.903. The maximum atomic E-state index is 10.4. The Hall–Kier alpha value is -0.830. The van der Waals surface area contributed by atoms with Crippen molar-refractivity contribution in [3.8, 4) is 0 Å². The summed E-state index contributed by atoms with van der Waals surface area (Å²) >= 11 is 3.44. The molecule has 2 nitrogen and oxygen atoms in total. The first-order valence-electron chi connectivity index (χ1n) is 4.48. The zero-order chi connectivity index (χ0) is 10.7. The van der Waals surface area contributed by atoms with Gasteiger partial charge >= 0.3 is 5.97 Å². The van der Waals surface area contributed by atoms with Gasteiger partial charge in [0.15, 0.2) is 0 Å². The summed E-state index contributed by atoms with van der Waals surface area (Å²) in [5.41, 5.74) is 3.49. The van der Waals surface area contributed by atoms with E-state index in [2.05, 4.69) is 15.9 Å². The molecule has 14 heavy (non-hydrogen) atoms. The molecule has 3 heteroatoms. The highest BCUT2D eigenvalue weighted by molar-refractivity contribution is 9.10. The SMILES string of the molecule is Cc1cc(Br)c(CCC(=O)O)cc1C. The van der Waals surface area contributed by atoms with Crippen LogP contribution >= 0.6 is 15.9 Å². The first-order chi connectivity index (χ1) is 6.50. The average molecular weight is 257 g/mol. The number of carboxylic acid groups (broad SMARTS) is 1. The highest BCUT2D eigenvalue weighted by atomic mass is 79.9. The number of carboxylic acids is 1. The lowest BCUT2D eigenvalue weighted by Gasteiger charge is -2.07. The van der Waals surface area contributed by atoms with Crippen LogP contribution in [-0.2, 0) is 11.2 Å². The van der Waals surface area contributed by atoms with Gasteiger partial charge in [-0.1, -0.05) is 22.0 Å². The second-order valence-electron chi connectivity index (χ2n) is 3.42. The van der Waals surface area contributed by atoms with Crippen LogP contribution in [0.5, 0.6) is 0 Å². The van der Waals surface area contributed by atoms with E-state index in [-0.39, 0.29) is 6.42 Å². The van der Waals surface area contributed by atoms with E-state index < -0.39 is 5.97 Å². The fourth-order valence-electron chi connectivity index (χ4n) is 1.27. The smallest absolute Gasteiger partial charge is 0.303 e. The fourth-order valence-corrected chi connectivity index (χ4v) is 1.93. The van der Waals surface area contributed by atoms with Crippen LogP contribution in [0.1, 0.15) is 23.1 Å². The normalized spacial score (nSPS) is 10.2. The van der Waals surface area contributed by atoms with Gasteiger partial charge in [0, 0.05) is 10.9 Å². The van der Waals surface area contributed by atoms with Crippen molar-refractivity contribution in [1.82, 2.24) is 0 Å². The molecule has 0 atom stereocenters. The third-order valence-electron chi connectivity index (χ3n) is 2.27. The predicted octanol–water partition coefficient (Wildman–Crippen LogP) is 3.08. The second kappa shape index (κ2) is 4.60. The highest BCUT2D eigenvalue weighted by Gasteiger charge is 2.05. The second-order valence-corrected chi connectivity index (χ2v) is 4.28. The summed E-state index contributed by atoms with van der Waals surface area (Å²) in [5, 5.41) is 8.57. The van der Waals surface area contributed by atoms with Crippen molar-refractivity contribution in [3.05, 3.63) is 33.3 Å². The third kappa shape index (κ3) is 2.84. The predicted molar refractivity (Wildman–Crippen MR) is 59.6 cm³/mol. The lowest BCUT2D eigenvalue weighted by molar-refractivity contribution is -0.136. The maximum Gasteiger partial charge on any atom is 0.303 e. The van der Waals surface area contributed by atoms with Crippen molar-refractivity contribution in [2.24, 2.45) is 0 Å². The lowest BCUT2D eigenvalue weighted by Crippen LogP contribution is -1.99. The summed E-state index contributed by atoms with van der Waals surface area (Å²) in [4.78, 5) is 10.4. The number of halogens is 1. The van der Waals surface area contributed by atoms with Gasteiger partial charge in [-0.2, -0.15) is 0 Å². The van der Waals surface area contributed by atoms with Crippen LogP contribution in [0.4, 0.5) is 0 Å². The van der Waals surface area contributed by atoms with Gasteiger partial charge in [-0.15, -0.1) is 0 Å². The summed E-state index contributed by atoms with van der Waals surface area (Å²) in [7, 11) is 0. The van der Waals surface area contributed by atoms with Crippen LogP contribution in [0.2, 0.25) is 0 Å². The molecular formula is C11H13BrO2. The van der Waals surface area contributed by atoms with Gasteiger partial charge in [-0.25, -0.2) is 0 Å². The number of aryl methyl sites for hydroxylation is 3. The monoisotopic (exact) mass is 256 g/mol. The van der Waals surface area contributed by atoms with Crippen LogP contribution in [0.25, 0.3) is 0 Å². The molecule has 0 bridgehead atoms. The summed E-state index contributed by atoms with van der Waals surface area (Å²) < 4.78 is 1.00. The third-order valence-corrected chi connectivity index (χ3v) is 3.01. The maximum absolute atomic E-state index is 10.4. The highest BCUT2D eigenvalue weighted by Crippen LogP contribution is 2.22. The van der Waals surface area contributed by atoms with Gasteiger partial charge in [0.1, 0.15) is 0 Å². The Morgan fingerprint density at radius 2 is 1.93 bits per heavy atom. The minimum absolute atomic E-state index is 0.182. The Labute approximate surface area is 92.1 Å². The molecule has 0 saturated carbocycles. The molecule has 0 aromatic heterocycles. The Bertz CT molecular complexity index is 359. The standard InChI is InChI=1S/C11H13BrO2/c1-7-5-9(3-4-11(13)14)10(12)6-8(7)2/h5-6H,3-4H2,1-2H3,(H,13,14). The first-order valence-corrected chi connectivity index (χ1v) is 5.27. The number of hydrogen-bond acceptors (Lipinski definition) is 1. The van der Waals surface area contributed by atoms with Crippen LogP contribution in [0.3, 0.4) is 0 Å². The van der Waals surface area contributed by atoms with Gasteiger partial charge in [0.25, 0.3) is 0 Å². The van der Waals surface area contributed by atoms with E-state index in [0.717, 1.165) is 10.0 Å². The van der Waals surface area contributed by atoms with Crippen LogP contribution in [0, 0.1) is 13.8 Å². The van der Waals surface area contributed by atoms with Crippen LogP contribution < -0.4 is 0 Å². The topological polar surface area (TPSA) is 37.3 Å². The van der Waals surface area contributed by atoms with E-state index in [1.165, 1.54) is 11.1 Å². The minimum Gasteiger partial charge on any atom is -0.481 e. The minimum atomic E-state index is -0.755. The molecule has 0 radical (unpaired) electrons. The van der Waals surface area contributed by atoms with Crippen molar-refractivity contribution in [2.75, 3.05) is 0 Å². The van der Waals surface area contributed by atoms with Gasteiger partial charge in [-0.3, -0.25) is 4.79 Å². The molecular weight excluding hydrogens is 244 g/mol. The summed E-state index contributed by atoms with van der Waals surface area (Å²) in [5.74, 6) is -0.755. The van der Waals surface area contributed by atoms with Crippen molar-refractivity contribution in [1.29, 1.82) is 0 Å². The molecule has 0 aliphatic heterocycles. The average Bonchev–Trinajstić information content (AvgIpc) is 2.09. The number of carbonyl (C=O) groups is 1. The zero-order valence-corrected chi connectivity index (χ0v) is 9.89. The fraction of sp³-hybridized carbons (Fsp3) is 0.364. The van der Waals surface area contributed by atoms with E-state index in [0.29, 0.717) is 6.42 Å². The van der Waals surface area contributed by atoms with Crippen molar-refractivity contribution in [3.63, 3.8) is 0 Å². The lowest BCUT2D eigenvalue weighted by atomic mass is 10.0. The van der Waals surface area contributed by atoms with Gasteiger partial charge in [-0.05, 0) is 43.0 Å². The van der Waals surface area contributed by atoms with E-state index in [1.807, 2.05) is 26.0 Å². The molecule has 1 N–H and O–H groups in total. The summed E-state index contributed by atoms with van der Waals surface area (Å²) in [6.07, 6.45) is 0.762. The van der Waals surface area contributed by atoms with Gasteiger partial charge < -0.3 is 5.11 Å². The summed E-state index contributed by atoms with van der Waals surface area (Å²) in [6.45, 7) is 4.08. The molecule has 0 spiro atoms. The largest absolute Gasteiger partial charge is 0.481 e. The number of aliphatic carboxylic acids is 1. The molecule has 1 rings (SSSR count). The molecule has 0 heterocycles. The number of hydrogen-bond donors (Lipinski definition) is 1. The van der Waals surface area contributed by atoms with Crippen LogP contribution in [-0.4, -0.2) is 11.1 Å². The Kier molecular flexibility index (Phi) is 3.69. The molecule has 0 saturated heterocycles. The van der Waals surface area contributed by atoms with E-state index >= 15 is 0 Å². The van der Waals surface area contributed by atoms with Crippen LogP contribution in [0.15, 0.2) is 16.6 Å². The Morgan fingerprint density at radius 1 is 1.36 bits per heavy atom. The van der Waals surface area contributed by atoms with Crippen molar-refractivity contribution >= 4 is 21.9 Å².